The summed E-state index contributed by atoms with van der Waals surface area (Å²) in [5, 5.41) is 15.1. The lowest BCUT2D eigenvalue weighted by atomic mass is 10.1. The van der Waals surface area contributed by atoms with E-state index < -0.39 is 0 Å². The molecule has 0 saturated carbocycles. The molecule has 2 heterocycles. The lowest BCUT2D eigenvalue weighted by Crippen LogP contribution is -2.35. The molecule has 126 valence electrons. The number of aromatic nitrogens is 2. The highest BCUT2D eigenvalue weighted by Gasteiger charge is 2.14. The van der Waals surface area contributed by atoms with Crippen molar-refractivity contribution in [2.24, 2.45) is 5.92 Å². The molecule has 0 aliphatic carbocycles. The Labute approximate surface area is 143 Å². The Bertz CT molecular complexity index is 816. The molecule has 1 atom stereocenters. The minimum atomic E-state index is -0.337. The van der Waals surface area contributed by atoms with Crippen molar-refractivity contribution < 1.29 is 14.3 Å². The summed E-state index contributed by atoms with van der Waals surface area (Å²) in [6, 6.07) is 7.09. The van der Waals surface area contributed by atoms with Crippen molar-refractivity contribution in [1.29, 1.82) is 0 Å². The molecule has 8 heteroatoms. The first-order chi connectivity index (χ1) is 11.7. The molecule has 2 aromatic heterocycles. The van der Waals surface area contributed by atoms with Crippen molar-refractivity contribution in [2.45, 2.75) is 13.3 Å². The molecule has 0 aliphatic rings. The number of rotatable bonds is 6. The minimum Gasteiger partial charge on any atom is -0.469 e. The number of carbonyl (C=O) groups is 1. The van der Waals surface area contributed by atoms with Gasteiger partial charge in [0.1, 0.15) is 16.8 Å². The van der Waals surface area contributed by atoms with Gasteiger partial charge in [-0.05, 0) is 30.7 Å². The van der Waals surface area contributed by atoms with Gasteiger partial charge >= 0.3 is 6.03 Å². The third-order valence-corrected chi connectivity index (χ3v) is 4.30. The molecule has 0 aliphatic heterocycles. The van der Waals surface area contributed by atoms with Gasteiger partial charge in [-0.3, -0.25) is 0 Å². The van der Waals surface area contributed by atoms with Gasteiger partial charge in [0.2, 0.25) is 0 Å². The fourth-order valence-electron chi connectivity index (χ4n) is 2.42. The fraction of sp³-hybridized carbons (Fsp3) is 0.312. The van der Waals surface area contributed by atoms with E-state index in [1.54, 1.807) is 12.3 Å². The van der Waals surface area contributed by atoms with Gasteiger partial charge < -0.3 is 20.2 Å². The molecule has 0 unspecified atom stereocenters. The Kier molecular flexibility index (Phi) is 5.07. The zero-order chi connectivity index (χ0) is 16.9. The Hall–Kier alpha value is -2.45. The first kappa shape index (κ1) is 16.4. The quantitative estimate of drug-likeness (QED) is 0.637. The molecule has 3 aromatic rings. The molecule has 1 aromatic carbocycles. The maximum atomic E-state index is 12.2. The Morgan fingerprint density at radius 2 is 2.25 bits per heavy atom. The Balaban J connectivity index is 1.60. The summed E-state index contributed by atoms with van der Waals surface area (Å²) in [5.41, 5.74) is 3.02. The van der Waals surface area contributed by atoms with Crippen LogP contribution in [-0.4, -0.2) is 33.0 Å². The lowest BCUT2D eigenvalue weighted by molar-refractivity contribution is 0.213. The van der Waals surface area contributed by atoms with Crippen LogP contribution < -0.4 is 10.6 Å². The number of nitrogens with one attached hydrogen (secondary N) is 2. The zero-order valence-corrected chi connectivity index (χ0v) is 14.0. The fourth-order valence-corrected chi connectivity index (χ4v) is 2.96. The number of fused-ring (bicyclic) bond motifs is 1. The Morgan fingerprint density at radius 3 is 3.00 bits per heavy atom. The summed E-state index contributed by atoms with van der Waals surface area (Å²) >= 11 is 1.11. The molecular weight excluding hydrogens is 328 g/mol. The number of aliphatic hydroxyl groups is 1. The van der Waals surface area contributed by atoms with Crippen LogP contribution in [-0.2, 0) is 6.42 Å². The number of hydrogen-bond donors (Lipinski definition) is 3. The summed E-state index contributed by atoms with van der Waals surface area (Å²) in [7, 11) is 0. The van der Waals surface area contributed by atoms with Crippen molar-refractivity contribution >= 4 is 34.5 Å². The van der Waals surface area contributed by atoms with Crippen LogP contribution >= 0.6 is 11.7 Å². The van der Waals surface area contributed by atoms with E-state index in [1.165, 1.54) is 0 Å². The van der Waals surface area contributed by atoms with E-state index in [2.05, 4.69) is 19.4 Å². The average Bonchev–Trinajstić information content (AvgIpc) is 3.25. The Morgan fingerprint density at radius 1 is 1.38 bits per heavy atom. The predicted octanol–water partition coefficient (Wildman–Crippen LogP) is 2.57. The third kappa shape index (κ3) is 3.72. The summed E-state index contributed by atoms with van der Waals surface area (Å²) in [4.78, 5) is 12.2. The molecular formula is C16H18N4O3S. The SMILES string of the molecule is Cc1ccc2nsnc2c1NC(=O)NC[C@H](CO)Cc1ccco1. The molecule has 3 rings (SSSR count). The number of nitrogens with zero attached hydrogens (tertiary/aromatic N) is 2. The lowest BCUT2D eigenvalue weighted by Gasteiger charge is -2.15. The second-order valence-electron chi connectivity index (χ2n) is 5.56. The monoisotopic (exact) mass is 346 g/mol. The van der Waals surface area contributed by atoms with Gasteiger partial charge in [-0.1, -0.05) is 6.07 Å². The van der Waals surface area contributed by atoms with Gasteiger partial charge in [-0.2, -0.15) is 8.75 Å². The molecule has 2 amide bonds. The van der Waals surface area contributed by atoms with E-state index in [4.69, 9.17) is 4.42 Å². The summed E-state index contributed by atoms with van der Waals surface area (Å²) in [6.07, 6.45) is 2.16. The van der Waals surface area contributed by atoms with Crippen LogP contribution in [0.4, 0.5) is 10.5 Å². The molecule has 0 saturated heterocycles. The van der Waals surface area contributed by atoms with Crippen LogP contribution in [0.15, 0.2) is 34.9 Å². The van der Waals surface area contributed by atoms with Crippen molar-refractivity contribution in [1.82, 2.24) is 14.1 Å². The summed E-state index contributed by atoms with van der Waals surface area (Å²) in [5.74, 6) is 0.671. The zero-order valence-electron chi connectivity index (χ0n) is 13.2. The smallest absolute Gasteiger partial charge is 0.319 e. The number of furan rings is 1. The van der Waals surface area contributed by atoms with Crippen LogP contribution in [0.1, 0.15) is 11.3 Å². The van der Waals surface area contributed by atoms with Crippen molar-refractivity contribution in [3.63, 3.8) is 0 Å². The molecule has 3 N–H and O–H groups in total. The van der Waals surface area contributed by atoms with Crippen LogP contribution in [0.25, 0.3) is 11.0 Å². The highest BCUT2D eigenvalue weighted by atomic mass is 32.1. The van der Waals surface area contributed by atoms with Crippen LogP contribution in [0.2, 0.25) is 0 Å². The number of benzene rings is 1. The molecule has 24 heavy (non-hydrogen) atoms. The second-order valence-corrected chi connectivity index (χ2v) is 6.08. The van der Waals surface area contributed by atoms with Crippen LogP contribution in [0, 0.1) is 12.8 Å². The first-order valence-electron chi connectivity index (χ1n) is 7.57. The number of carbonyl (C=O) groups excluding carboxylic acids is 1. The maximum Gasteiger partial charge on any atom is 0.319 e. The minimum absolute atomic E-state index is 0.0361. The highest BCUT2D eigenvalue weighted by molar-refractivity contribution is 7.00. The third-order valence-electron chi connectivity index (χ3n) is 3.75. The van der Waals surface area contributed by atoms with Crippen molar-refractivity contribution in [2.75, 3.05) is 18.5 Å². The molecule has 0 radical (unpaired) electrons. The molecule has 7 nitrogen and oxygen atoms in total. The van der Waals surface area contributed by atoms with Gasteiger partial charge in [0.05, 0.1) is 23.7 Å². The van der Waals surface area contributed by atoms with Crippen LogP contribution in [0.5, 0.6) is 0 Å². The number of amides is 2. The first-order valence-corrected chi connectivity index (χ1v) is 8.30. The predicted molar refractivity (Wildman–Crippen MR) is 92.2 cm³/mol. The second kappa shape index (κ2) is 7.41. The molecule has 0 fully saturated rings. The van der Waals surface area contributed by atoms with Crippen molar-refractivity contribution in [3.05, 3.63) is 41.9 Å². The molecule has 0 bridgehead atoms. The van der Waals surface area contributed by atoms with Gasteiger partial charge in [0, 0.05) is 25.5 Å². The standard InChI is InChI=1S/C16H18N4O3S/c1-10-4-5-13-15(20-24-19-13)14(10)18-16(22)17-8-11(9-21)7-12-3-2-6-23-12/h2-6,11,21H,7-9H2,1H3,(H2,17,18,22)/t11-/m1/s1. The topological polar surface area (TPSA) is 100 Å². The van der Waals surface area contributed by atoms with Crippen LogP contribution in [0.3, 0.4) is 0 Å². The summed E-state index contributed by atoms with van der Waals surface area (Å²) < 4.78 is 13.7. The number of hydrogen-bond acceptors (Lipinski definition) is 6. The van der Waals surface area contributed by atoms with E-state index in [-0.39, 0.29) is 18.6 Å². The van der Waals surface area contributed by atoms with E-state index >= 15 is 0 Å². The summed E-state index contributed by atoms with van der Waals surface area (Å²) in [6.45, 7) is 2.21. The van der Waals surface area contributed by atoms with E-state index in [1.807, 2.05) is 25.1 Å². The van der Waals surface area contributed by atoms with E-state index in [9.17, 15) is 9.90 Å². The van der Waals surface area contributed by atoms with Gasteiger partial charge in [0.15, 0.2) is 0 Å². The highest BCUT2D eigenvalue weighted by Crippen LogP contribution is 2.25. The normalized spacial score (nSPS) is 12.2. The van der Waals surface area contributed by atoms with Gasteiger partial charge in [-0.15, -0.1) is 0 Å². The van der Waals surface area contributed by atoms with Gasteiger partial charge in [0.25, 0.3) is 0 Å². The average molecular weight is 346 g/mol. The maximum absolute atomic E-state index is 12.2. The van der Waals surface area contributed by atoms with Crippen molar-refractivity contribution in [3.8, 4) is 0 Å². The molecule has 0 spiro atoms. The largest absolute Gasteiger partial charge is 0.469 e. The number of aliphatic hydroxyl groups excluding tert-OH is 1. The van der Waals surface area contributed by atoms with E-state index in [0.29, 0.717) is 24.2 Å². The number of aryl methyl sites for hydroxylation is 1. The number of anilines is 1. The van der Waals surface area contributed by atoms with E-state index in [0.717, 1.165) is 28.6 Å². The number of urea groups is 1. The van der Waals surface area contributed by atoms with Gasteiger partial charge in [-0.25, -0.2) is 4.79 Å².